The fraction of sp³-hybridized carbons (Fsp3) is 0.895. The van der Waals surface area contributed by atoms with Crippen LogP contribution >= 0.6 is 0 Å². The first-order valence-corrected chi connectivity index (χ1v) is 9.43. The lowest BCUT2D eigenvalue weighted by Gasteiger charge is -2.27. The molecule has 0 saturated heterocycles. The molecule has 0 rings (SSSR count). The maximum Gasteiger partial charge on any atom is 0.323 e. The largest absolute Gasteiger partial charge is 0.465 e. The van der Waals surface area contributed by atoms with Crippen molar-refractivity contribution in [1.29, 1.82) is 0 Å². The fourth-order valence-corrected chi connectivity index (χ4v) is 2.57. The zero-order valence-corrected chi connectivity index (χ0v) is 15.6. The van der Waals surface area contributed by atoms with E-state index in [1.54, 1.807) is 0 Å². The number of carbonyl (C=O) groups excluding carboxylic acids is 2. The van der Waals surface area contributed by atoms with Gasteiger partial charge in [-0.05, 0) is 25.7 Å². The van der Waals surface area contributed by atoms with Crippen LogP contribution in [0.3, 0.4) is 0 Å². The Morgan fingerprint density at radius 1 is 0.652 bits per heavy atom. The first-order chi connectivity index (χ1) is 11.1. The molecule has 0 radical (unpaired) electrons. The Hall–Kier alpha value is -1.06. The summed E-state index contributed by atoms with van der Waals surface area (Å²) in [7, 11) is 0. The maximum atomic E-state index is 12.4. The Bertz CT molecular complexity index is 293. The van der Waals surface area contributed by atoms with Crippen LogP contribution in [0, 0.1) is 5.41 Å². The monoisotopic (exact) mass is 328 g/mol. The lowest BCUT2D eigenvalue weighted by molar-refractivity contribution is -0.173. The molecule has 0 aromatic rings. The lowest BCUT2D eigenvalue weighted by atomic mass is 9.82. The summed E-state index contributed by atoms with van der Waals surface area (Å²) in [6.45, 7) is 8.76. The smallest absolute Gasteiger partial charge is 0.323 e. The molecule has 0 saturated carbocycles. The third-order valence-electron chi connectivity index (χ3n) is 4.45. The molecule has 0 heterocycles. The average molecular weight is 328 g/mol. The highest BCUT2D eigenvalue weighted by Crippen LogP contribution is 2.30. The molecule has 0 fully saturated rings. The highest BCUT2D eigenvalue weighted by molar-refractivity contribution is 5.99. The Morgan fingerprint density at radius 2 is 1.04 bits per heavy atom. The minimum Gasteiger partial charge on any atom is -0.465 e. The number of ether oxygens (including phenoxy) is 2. The minimum atomic E-state index is -1.13. The normalized spacial score (nSPS) is 11.3. The molecule has 0 amide bonds. The molecule has 0 bridgehead atoms. The quantitative estimate of drug-likeness (QED) is 0.255. The molecule has 0 atom stereocenters. The minimum absolute atomic E-state index is 0.393. The Morgan fingerprint density at radius 3 is 1.35 bits per heavy atom. The van der Waals surface area contributed by atoms with Crippen molar-refractivity contribution in [2.75, 3.05) is 13.2 Å². The number of unbranched alkanes of at least 4 members (excludes halogenated alkanes) is 6. The standard InChI is InChI=1S/C19H36O4/c1-5-9-11-13-15-22-17(20)19(7-3,8-4)18(21)23-16-14-12-10-6-2/h5-16H2,1-4H3. The van der Waals surface area contributed by atoms with Crippen molar-refractivity contribution in [1.82, 2.24) is 0 Å². The molecule has 0 unspecified atom stereocenters. The maximum absolute atomic E-state index is 12.4. The van der Waals surface area contributed by atoms with Gasteiger partial charge in [0.15, 0.2) is 5.41 Å². The molecule has 0 aromatic heterocycles. The highest BCUT2D eigenvalue weighted by Gasteiger charge is 2.45. The van der Waals surface area contributed by atoms with Crippen LogP contribution in [-0.2, 0) is 19.1 Å². The van der Waals surface area contributed by atoms with Crippen LogP contribution in [0.15, 0.2) is 0 Å². The summed E-state index contributed by atoms with van der Waals surface area (Å²) in [5.74, 6) is -0.838. The van der Waals surface area contributed by atoms with E-state index in [1.807, 2.05) is 13.8 Å². The first-order valence-electron chi connectivity index (χ1n) is 9.43. The predicted octanol–water partition coefficient (Wildman–Crippen LogP) is 5.04. The second-order valence-corrected chi connectivity index (χ2v) is 6.18. The molecule has 23 heavy (non-hydrogen) atoms. The number of hydrogen-bond acceptors (Lipinski definition) is 4. The van der Waals surface area contributed by atoms with Crippen molar-refractivity contribution < 1.29 is 19.1 Å². The van der Waals surface area contributed by atoms with E-state index in [2.05, 4.69) is 13.8 Å². The molecule has 0 aromatic carbocycles. The van der Waals surface area contributed by atoms with E-state index >= 15 is 0 Å². The van der Waals surface area contributed by atoms with Crippen LogP contribution in [0.2, 0.25) is 0 Å². The molecule has 136 valence electrons. The molecule has 0 aliphatic carbocycles. The Balaban J connectivity index is 4.39. The van der Waals surface area contributed by atoms with E-state index in [9.17, 15) is 9.59 Å². The second kappa shape index (κ2) is 13.4. The molecular weight excluding hydrogens is 292 g/mol. The summed E-state index contributed by atoms with van der Waals surface area (Å²) < 4.78 is 10.7. The summed E-state index contributed by atoms with van der Waals surface area (Å²) >= 11 is 0. The van der Waals surface area contributed by atoms with Crippen molar-refractivity contribution >= 4 is 11.9 Å². The summed E-state index contributed by atoms with van der Waals surface area (Å²) in [5.41, 5.74) is -1.13. The van der Waals surface area contributed by atoms with Gasteiger partial charge in [-0.25, -0.2) is 0 Å². The summed E-state index contributed by atoms with van der Waals surface area (Å²) in [5, 5.41) is 0. The van der Waals surface area contributed by atoms with Crippen LogP contribution in [0.5, 0.6) is 0 Å². The van der Waals surface area contributed by atoms with E-state index in [1.165, 1.54) is 0 Å². The third-order valence-corrected chi connectivity index (χ3v) is 4.45. The highest BCUT2D eigenvalue weighted by atomic mass is 16.6. The van der Waals surface area contributed by atoms with Gasteiger partial charge in [-0.2, -0.15) is 0 Å². The van der Waals surface area contributed by atoms with Gasteiger partial charge in [0.2, 0.25) is 0 Å². The van der Waals surface area contributed by atoms with E-state index < -0.39 is 17.4 Å². The number of carbonyl (C=O) groups is 2. The van der Waals surface area contributed by atoms with Crippen molar-refractivity contribution in [3.63, 3.8) is 0 Å². The van der Waals surface area contributed by atoms with Crippen molar-refractivity contribution in [3.8, 4) is 0 Å². The van der Waals surface area contributed by atoms with Crippen molar-refractivity contribution in [2.45, 2.75) is 91.9 Å². The molecule has 0 N–H and O–H groups in total. The number of esters is 2. The van der Waals surface area contributed by atoms with Gasteiger partial charge in [0.1, 0.15) is 0 Å². The van der Waals surface area contributed by atoms with Gasteiger partial charge in [-0.1, -0.05) is 66.2 Å². The van der Waals surface area contributed by atoms with E-state index in [-0.39, 0.29) is 0 Å². The van der Waals surface area contributed by atoms with Gasteiger partial charge in [0, 0.05) is 0 Å². The van der Waals surface area contributed by atoms with Crippen LogP contribution in [0.25, 0.3) is 0 Å². The second-order valence-electron chi connectivity index (χ2n) is 6.18. The Labute approximate surface area is 142 Å². The first kappa shape index (κ1) is 21.9. The number of hydrogen-bond donors (Lipinski definition) is 0. The van der Waals surface area contributed by atoms with Gasteiger partial charge in [0.05, 0.1) is 13.2 Å². The fourth-order valence-electron chi connectivity index (χ4n) is 2.57. The predicted molar refractivity (Wildman–Crippen MR) is 93.2 cm³/mol. The summed E-state index contributed by atoms with van der Waals surface area (Å²) in [4.78, 5) is 24.8. The van der Waals surface area contributed by atoms with Crippen LogP contribution < -0.4 is 0 Å². The van der Waals surface area contributed by atoms with Crippen molar-refractivity contribution in [2.24, 2.45) is 5.41 Å². The van der Waals surface area contributed by atoms with E-state index in [0.29, 0.717) is 26.1 Å². The average Bonchev–Trinajstić information content (AvgIpc) is 2.56. The van der Waals surface area contributed by atoms with Gasteiger partial charge in [-0.3, -0.25) is 9.59 Å². The van der Waals surface area contributed by atoms with E-state index in [0.717, 1.165) is 51.4 Å². The van der Waals surface area contributed by atoms with Crippen LogP contribution in [0.4, 0.5) is 0 Å². The molecular formula is C19H36O4. The summed E-state index contributed by atoms with van der Waals surface area (Å²) in [6.07, 6.45) is 9.24. The Kier molecular flexibility index (Phi) is 12.8. The SMILES string of the molecule is CCCCCCOC(=O)C(CC)(CC)C(=O)OCCCCCC. The molecule has 4 heteroatoms. The van der Waals surface area contributed by atoms with Crippen LogP contribution in [0.1, 0.15) is 91.9 Å². The van der Waals surface area contributed by atoms with Gasteiger partial charge in [-0.15, -0.1) is 0 Å². The molecule has 0 aliphatic heterocycles. The molecule has 0 spiro atoms. The van der Waals surface area contributed by atoms with Crippen LogP contribution in [-0.4, -0.2) is 25.2 Å². The molecule has 0 aliphatic rings. The van der Waals surface area contributed by atoms with Gasteiger partial charge in [0.25, 0.3) is 0 Å². The third kappa shape index (κ3) is 7.85. The number of rotatable bonds is 14. The lowest BCUT2D eigenvalue weighted by Crippen LogP contribution is -2.41. The molecule has 4 nitrogen and oxygen atoms in total. The zero-order chi connectivity index (χ0) is 17.6. The topological polar surface area (TPSA) is 52.6 Å². The summed E-state index contributed by atoms with van der Waals surface area (Å²) in [6, 6.07) is 0. The van der Waals surface area contributed by atoms with Crippen molar-refractivity contribution in [3.05, 3.63) is 0 Å². The van der Waals surface area contributed by atoms with Gasteiger partial charge < -0.3 is 9.47 Å². The van der Waals surface area contributed by atoms with E-state index in [4.69, 9.17) is 9.47 Å². The van der Waals surface area contributed by atoms with Gasteiger partial charge >= 0.3 is 11.9 Å². The zero-order valence-electron chi connectivity index (χ0n) is 15.6.